The van der Waals surface area contributed by atoms with Gasteiger partial charge in [-0.15, -0.1) is 11.8 Å². The summed E-state index contributed by atoms with van der Waals surface area (Å²) >= 11 is 7.92. The molecule has 0 aromatic heterocycles. The number of benzene rings is 1. The van der Waals surface area contributed by atoms with Crippen LogP contribution in [0.1, 0.15) is 18.9 Å². The topological polar surface area (TPSA) is 67.8 Å². The summed E-state index contributed by atoms with van der Waals surface area (Å²) in [6.45, 7) is 2.88. The molecule has 1 aromatic rings. The summed E-state index contributed by atoms with van der Waals surface area (Å²) in [6.07, 6.45) is 1.28. The summed E-state index contributed by atoms with van der Waals surface area (Å²) in [4.78, 5) is 0.994. The van der Waals surface area contributed by atoms with Gasteiger partial charge in [0.1, 0.15) is 0 Å². The van der Waals surface area contributed by atoms with Crippen molar-refractivity contribution >= 4 is 29.2 Å². The second-order valence-electron chi connectivity index (χ2n) is 4.15. The highest BCUT2D eigenvalue weighted by atomic mass is 35.5. The Morgan fingerprint density at radius 1 is 1.61 bits per heavy atom. The molecule has 0 amide bonds. The van der Waals surface area contributed by atoms with Crippen LogP contribution in [0.2, 0.25) is 5.02 Å². The molecule has 0 spiro atoms. The van der Waals surface area contributed by atoms with Gasteiger partial charge in [0.2, 0.25) is 0 Å². The standard InChI is InChI=1S/C12H15ClN2O2S/c1-7-10(4-5-17-7)18-11-3-2-8(6-9(11)13)12(14)15-16/h2-3,6-7,10,16H,4-5H2,1H3,(H2,14,15). The fraction of sp³-hybridized carbons (Fsp3) is 0.417. The zero-order valence-corrected chi connectivity index (χ0v) is 11.5. The van der Waals surface area contributed by atoms with E-state index in [1.807, 2.05) is 6.07 Å². The highest BCUT2D eigenvalue weighted by Crippen LogP contribution is 2.36. The number of hydrogen-bond acceptors (Lipinski definition) is 4. The van der Waals surface area contributed by atoms with Crippen LogP contribution in [0.25, 0.3) is 0 Å². The molecule has 1 heterocycles. The van der Waals surface area contributed by atoms with E-state index in [1.165, 1.54) is 0 Å². The average Bonchev–Trinajstić information content (AvgIpc) is 2.76. The molecular weight excluding hydrogens is 272 g/mol. The number of hydrogen-bond donors (Lipinski definition) is 2. The van der Waals surface area contributed by atoms with Crippen LogP contribution in [0, 0.1) is 0 Å². The number of nitrogens with zero attached hydrogens (tertiary/aromatic N) is 1. The maximum Gasteiger partial charge on any atom is 0.170 e. The molecule has 0 saturated carbocycles. The molecule has 1 aliphatic heterocycles. The van der Waals surface area contributed by atoms with Crippen LogP contribution in [0.15, 0.2) is 28.3 Å². The largest absolute Gasteiger partial charge is 0.409 e. The fourth-order valence-electron chi connectivity index (χ4n) is 1.84. The summed E-state index contributed by atoms with van der Waals surface area (Å²) in [5, 5.41) is 12.6. The van der Waals surface area contributed by atoms with E-state index in [-0.39, 0.29) is 11.9 Å². The first kappa shape index (κ1) is 13.5. The van der Waals surface area contributed by atoms with Gasteiger partial charge in [0.15, 0.2) is 5.84 Å². The van der Waals surface area contributed by atoms with E-state index in [0.29, 0.717) is 15.8 Å². The van der Waals surface area contributed by atoms with Crippen molar-refractivity contribution in [2.75, 3.05) is 6.61 Å². The van der Waals surface area contributed by atoms with Crippen LogP contribution in [0.5, 0.6) is 0 Å². The third-order valence-electron chi connectivity index (χ3n) is 2.92. The monoisotopic (exact) mass is 286 g/mol. The molecule has 2 rings (SSSR count). The highest BCUT2D eigenvalue weighted by Gasteiger charge is 2.25. The Morgan fingerprint density at radius 3 is 2.94 bits per heavy atom. The van der Waals surface area contributed by atoms with E-state index >= 15 is 0 Å². The first-order valence-corrected chi connectivity index (χ1v) is 6.93. The summed E-state index contributed by atoms with van der Waals surface area (Å²) in [5.41, 5.74) is 6.13. The molecule has 1 aromatic carbocycles. The molecule has 2 unspecified atom stereocenters. The number of rotatable bonds is 3. The first-order valence-electron chi connectivity index (χ1n) is 5.67. The minimum Gasteiger partial charge on any atom is -0.409 e. The second-order valence-corrected chi connectivity index (χ2v) is 5.84. The van der Waals surface area contributed by atoms with Gasteiger partial charge in [0.25, 0.3) is 0 Å². The lowest BCUT2D eigenvalue weighted by Crippen LogP contribution is -2.14. The molecule has 1 aliphatic rings. The average molecular weight is 287 g/mol. The Hall–Kier alpha value is -0.910. The molecule has 4 nitrogen and oxygen atoms in total. The van der Waals surface area contributed by atoms with Gasteiger partial charge >= 0.3 is 0 Å². The normalized spacial score (nSPS) is 24.4. The minimum absolute atomic E-state index is 0.0611. The van der Waals surface area contributed by atoms with Crippen LogP contribution in [-0.4, -0.2) is 29.0 Å². The number of thioether (sulfide) groups is 1. The van der Waals surface area contributed by atoms with Crippen LogP contribution in [0.3, 0.4) is 0 Å². The van der Waals surface area contributed by atoms with Gasteiger partial charge in [0.05, 0.1) is 11.1 Å². The van der Waals surface area contributed by atoms with Crippen molar-refractivity contribution in [2.45, 2.75) is 29.6 Å². The first-order chi connectivity index (χ1) is 8.61. The van der Waals surface area contributed by atoms with Gasteiger partial charge in [-0.2, -0.15) is 0 Å². The quantitative estimate of drug-likeness (QED) is 0.388. The molecule has 98 valence electrons. The second kappa shape index (κ2) is 5.82. The summed E-state index contributed by atoms with van der Waals surface area (Å²) in [6, 6.07) is 5.40. The van der Waals surface area contributed by atoms with Crippen LogP contribution in [0.4, 0.5) is 0 Å². The van der Waals surface area contributed by atoms with Gasteiger partial charge < -0.3 is 15.7 Å². The lowest BCUT2D eigenvalue weighted by atomic mass is 10.2. The van der Waals surface area contributed by atoms with Crippen molar-refractivity contribution < 1.29 is 9.94 Å². The maximum atomic E-state index is 8.61. The van der Waals surface area contributed by atoms with Gasteiger partial charge in [0, 0.05) is 22.3 Å². The van der Waals surface area contributed by atoms with Gasteiger partial charge in [-0.3, -0.25) is 0 Å². The third kappa shape index (κ3) is 2.91. The van der Waals surface area contributed by atoms with Crippen molar-refractivity contribution in [3.63, 3.8) is 0 Å². The van der Waals surface area contributed by atoms with Crippen molar-refractivity contribution in [2.24, 2.45) is 10.9 Å². The molecular formula is C12H15ClN2O2S. The number of ether oxygens (including phenoxy) is 1. The van der Waals surface area contributed by atoms with Gasteiger partial charge in [-0.25, -0.2) is 0 Å². The summed E-state index contributed by atoms with van der Waals surface area (Å²) in [5.74, 6) is 0.0611. The van der Waals surface area contributed by atoms with E-state index in [1.54, 1.807) is 23.9 Å². The third-order valence-corrected chi connectivity index (χ3v) is 4.88. The molecule has 0 aliphatic carbocycles. The fourth-order valence-corrected chi connectivity index (χ4v) is 3.29. The number of nitrogens with two attached hydrogens (primary N) is 1. The lowest BCUT2D eigenvalue weighted by molar-refractivity contribution is 0.127. The van der Waals surface area contributed by atoms with Crippen molar-refractivity contribution in [3.05, 3.63) is 28.8 Å². The molecule has 2 atom stereocenters. The molecule has 0 bridgehead atoms. The molecule has 3 N–H and O–H groups in total. The summed E-state index contributed by atoms with van der Waals surface area (Å²) < 4.78 is 5.52. The Morgan fingerprint density at radius 2 is 2.39 bits per heavy atom. The SMILES string of the molecule is CC1OCCC1Sc1ccc(/C(N)=N/O)cc1Cl. The van der Waals surface area contributed by atoms with E-state index in [4.69, 9.17) is 27.3 Å². The number of halogens is 1. The molecule has 18 heavy (non-hydrogen) atoms. The van der Waals surface area contributed by atoms with Gasteiger partial charge in [-0.1, -0.05) is 16.8 Å². The molecule has 1 saturated heterocycles. The Kier molecular flexibility index (Phi) is 4.37. The van der Waals surface area contributed by atoms with Crippen molar-refractivity contribution in [3.8, 4) is 0 Å². The van der Waals surface area contributed by atoms with E-state index in [9.17, 15) is 0 Å². The predicted octanol–water partition coefficient (Wildman–Crippen LogP) is 2.70. The highest BCUT2D eigenvalue weighted by molar-refractivity contribution is 8.00. The Bertz CT molecular complexity index is 467. The predicted molar refractivity (Wildman–Crippen MR) is 73.6 cm³/mol. The van der Waals surface area contributed by atoms with Crippen LogP contribution >= 0.6 is 23.4 Å². The zero-order chi connectivity index (χ0) is 13.1. The van der Waals surface area contributed by atoms with Crippen molar-refractivity contribution in [1.82, 2.24) is 0 Å². The molecule has 6 heteroatoms. The smallest absolute Gasteiger partial charge is 0.170 e. The number of amidine groups is 1. The van der Waals surface area contributed by atoms with Crippen molar-refractivity contribution in [1.29, 1.82) is 0 Å². The van der Waals surface area contributed by atoms with E-state index < -0.39 is 0 Å². The minimum atomic E-state index is 0.0611. The zero-order valence-electron chi connectivity index (χ0n) is 9.97. The van der Waals surface area contributed by atoms with Crippen LogP contribution in [-0.2, 0) is 4.74 Å². The Labute approximate surface area is 115 Å². The molecule has 0 radical (unpaired) electrons. The summed E-state index contributed by atoms with van der Waals surface area (Å²) in [7, 11) is 0. The van der Waals surface area contributed by atoms with Gasteiger partial charge in [-0.05, 0) is 31.5 Å². The maximum absolute atomic E-state index is 8.61. The van der Waals surface area contributed by atoms with Crippen LogP contribution < -0.4 is 5.73 Å². The Balaban J connectivity index is 2.15. The lowest BCUT2D eigenvalue weighted by Gasteiger charge is -2.14. The van der Waals surface area contributed by atoms with E-state index in [2.05, 4.69) is 12.1 Å². The van der Waals surface area contributed by atoms with E-state index in [0.717, 1.165) is 17.9 Å². The molecule has 1 fully saturated rings. The number of oxime groups is 1.